The van der Waals surface area contributed by atoms with Crippen LogP contribution in [-0.2, 0) is 19.9 Å². The van der Waals surface area contributed by atoms with Crippen LogP contribution in [0.4, 0.5) is 4.39 Å². The molecule has 138 valence electrons. The van der Waals surface area contributed by atoms with Crippen molar-refractivity contribution >= 4 is 5.91 Å². The molecule has 0 aliphatic carbocycles. The van der Waals surface area contributed by atoms with Gasteiger partial charge in [-0.1, -0.05) is 0 Å². The first kappa shape index (κ1) is 17.4. The van der Waals surface area contributed by atoms with Gasteiger partial charge in [-0.05, 0) is 55.3 Å². The van der Waals surface area contributed by atoms with Gasteiger partial charge in [0, 0.05) is 49.7 Å². The summed E-state index contributed by atoms with van der Waals surface area (Å²) in [5, 5.41) is 0. The van der Waals surface area contributed by atoms with Gasteiger partial charge >= 0.3 is 0 Å². The van der Waals surface area contributed by atoms with E-state index < -0.39 is 0 Å². The van der Waals surface area contributed by atoms with Crippen molar-refractivity contribution in [2.45, 2.75) is 19.8 Å². The van der Waals surface area contributed by atoms with E-state index in [4.69, 9.17) is 4.98 Å². The molecule has 5 nitrogen and oxygen atoms in total. The number of carbonyl (C=O) groups excluding carboxylic acids is 1. The molecular weight excluding hydrogens is 343 g/mol. The molecular formula is C21H21FN4O. The summed E-state index contributed by atoms with van der Waals surface area (Å²) in [5.74, 6) is 0.369. The fourth-order valence-electron chi connectivity index (χ4n) is 3.56. The Morgan fingerprint density at radius 3 is 2.52 bits per heavy atom. The summed E-state index contributed by atoms with van der Waals surface area (Å²) in [7, 11) is 1.88. The van der Waals surface area contributed by atoms with E-state index >= 15 is 0 Å². The van der Waals surface area contributed by atoms with Crippen LogP contribution in [0.3, 0.4) is 0 Å². The molecule has 1 aliphatic rings. The molecule has 1 aliphatic heterocycles. The van der Waals surface area contributed by atoms with Crippen molar-refractivity contribution in [1.82, 2.24) is 19.4 Å². The number of nitrogens with zero attached hydrogens (tertiary/aromatic N) is 4. The van der Waals surface area contributed by atoms with Gasteiger partial charge in [0.2, 0.25) is 0 Å². The maximum atomic E-state index is 13.2. The molecule has 6 heteroatoms. The third-order valence-electron chi connectivity index (χ3n) is 5.10. The number of benzene rings is 1. The van der Waals surface area contributed by atoms with E-state index in [1.54, 1.807) is 12.1 Å². The maximum absolute atomic E-state index is 13.2. The first-order chi connectivity index (χ1) is 13.0. The fourth-order valence-corrected chi connectivity index (χ4v) is 3.56. The molecule has 0 saturated heterocycles. The minimum Gasteiger partial charge on any atom is -0.347 e. The molecule has 0 fully saturated rings. The summed E-state index contributed by atoms with van der Waals surface area (Å²) in [6.45, 7) is 3.25. The highest BCUT2D eigenvalue weighted by Gasteiger charge is 2.23. The third-order valence-corrected chi connectivity index (χ3v) is 5.10. The molecule has 4 rings (SSSR count). The molecule has 2 aromatic heterocycles. The number of rotatable bonds is 2. The lowest BCUT2D eigenvalue weighted by Crippen LogP contribution is -2.34. The third kappa shape index (κ3) is 3.35. The number of aryl methyl sites for hydroxylation is 2. The minimum absolute atomic E-state index is 0.0414. The summed E-state index contributed by atoms with van der Waals surface area (Å²) in [6.07, 6.45) is 3.30. The van der Waals surface area contributed by atoms with Gasteiger partial charge in [0.25, 0.3) is 5.91 Å². The molecule has 0 atom stereocenters. The maximum Gasteiger partial charge on any atom is 0.270 e. The monoisotopic (exact) mass is 364 g/mol. The predicted molar refractivity (Wildman–Crippen MR) is 101 cm³/mol. The Hall–Kier alpha value is -3.02. The molecule has 27 heavy (non-hydrogen) atoms. The summed E-state index contributed by atoms with van der Waals surface area (Å²) in [4.78, 5) is 24.1. The van der Waals surface area contributed by atoms with Crippen molar-refractivity contribution < 1.29 is 9.18 Å². The Balaban J connectivity index is 1.61. The second-order valence-corrected chi connectivity index (χ2v) is 6.86. The predicted octanol–water partition coefficient (Wildman–Crippen LogP) is 3.17. The molecule has 3 heterocycles. The van der Waals surface area contributed by atoms with Crippen LogP contribution >= 0.6 is 0 Å². The number of hydrogen-bond donors (Lipinski definition) is 0. The van der Waals surface area contributed by atoms with Crippen LogP contribution in [0.25, 0.3) is 11.4 Å². The molecule has 0 N–H and O–H groups in total. The number of aromatic nitrogens is 3. The van der Waals surface area contributed by atoms with Crippen LogP contribution in [0.1, 0.15) is 27.4 Å². The molecule has 3 aromatic rings. The second-order valence-electron chi connectivity index (χ2n) is 6.86. The topological polar surface area (TPSA) is 51.0 Å². The van der Waals surface area contributed by atoms with Crippen LogP contribution in [-0.4, -0.2) is 38.4 Å². The van der Waals surface area contributed by atoms with E-state index in [9.17, 15) is 9.18 Å². The summed E-state index contributed by atoms with van der Waals surface area (Å²) < 4.78 is 15.0. The molecule has 0 saturated carbocycles. The number of carbonyl (C=O) groups is 1. The summed E-state index contributed by atoms with van der Waals surface area (Å²) >= 11 is 0. The number of amides is 1. The summed E-state index contributed by atoms with van der Waals surface area (Å²) in [6, 6.07) is 9.94. The van der Waals surface area contributed by atoms with Crippen molar-refractivity contribution in [2.75, 3.05) is 13.1 Å². The Morgan fingerprint density at radius 2 is 1.81 bits per heavy atom. The van der Waals surface area contributed by atoms with Crippen molar-refractivity contribution in [1.29, 1.82) is 0 Å². The van der Waals surface area contributed by atoms with Crippen molar-refractivity contribution in [3.8, 4) is 11.4 Å². The van der Waals surface area contributed by atoms with E-state index in [0.29, 0.717) is 31.0 Å². The molecule has 0 radical (unpaired) electrons. The number of fused-ring (bicyclic) bond motifs is 1. The second kappa shape index (κ2) is 6.95. The van der Waals surface area contributed by atoms with E-state index in [1.165, 1.54) is 12.1 Å². The quantitative estimate of drug-likeness (QED) is 0.702. The lowest BCUT2D eigenvalue weighted by Gasteiger charge is -2.20. The molecule has 1 amide bonds. The normalized spacial score (nSPS) is 14.0. The van der Waals surface area contributed by atoms with Crippen molar-refractivity contribution in [3.63, 3.8) is 0 Å². The van der Waals surface area contributed by atoms with E-state index in [1.807, 2.05) is 41.8 Å². The molecule has 0 bridgehead atoms. The van der Waals surface area contributed by atoms with Crippen LogP contribution < -0.4 is 0 Å². The lowest BCUT2D eigenvalue weighted by atomic mass is 10.1. The van der Waals surface area contributed by atoms with Gasteiger partial charge in [-0.2, -0.15) is 0 Å². The van der Waals surface area contributed by atoms with Gasteiger partial charge < -0.3 is 9.47 Å². The average molecular weight is 364 g/mol. The van der Waals surface area contributed by atoms with E-state index in [0.717, 1.165) is 28.9 Å². The lowest BCUT2D eigenvalue weighted by molar-refractivity contribution is 0.0753. The Bertz CT molecular complexity index is 994. The highest BCUT2D eigenvalue weighted by molar-refractivity contribution is 5.92. The largest absolute Gasteiger partial charge is 0.347 e. The average Bonchev–Trinajstić information content (AvgIpc) is 2.96. The number of halogens is 1. The fraction of sp³-hybridized carbons (Fsp3) is 0.286. The van der Waals surface area contributed by atoms with Gasteiger partial charge in [0.15, 0.2) is 5.82 Å². The van der Waals surface area contributed by atoms with Crippen LogP contribution in [0, 0.1) is 12.7 Å². The zero-order chi connectivity index (χ0) is 19.0. The molecule has 1 aromatic carbocycles. The highest BCUT2D eigenvalue weighted by atomic mass is 19.1. The molecule has 0 spiro atoms. The van der Waals surface area contributed by atoms with Crippen LogP contribution in [0.5, 0.6) is 0 Å². The smallest absolute Gasteiger partial charge is 0.270 e. The van der Waals surface area contributed by atoms with Gasteiger partial charge in [0.1, 0.15) is 11.5 Å². The Morgan fingerprint density at radius 1 is 1.07 bits per heavy atom. The van der Waals surface area contributed by atoms with Crippen molar-refractivity contribution in [3.05, 3.63) is 71.1 Å². The van der Waals surface area contributed by atoms with Gasteiger partial charge in [-0.3, -0.25) is 4.79 Å². The summed E-state index contributed by atoms with van der Waals surface area (Å²) in [5.41, 5.74) is 4.50. The Labute approximate surface area is 157 Å². The zero-order valence-corrected chi connectivity index (χ0v) is 15.4. The van der Waals surface area contributed by atoms with E-state index in [-0.39, 0.29) is 11.7 Å². The first-order valence-electron chi connectivity index (χ1n) is 9.06. The van der Waals surface area contributed by atoms with Gasteiger partial charge in [-0.15, -0.1) is 0 Å². The SMILES string of the molecule is Cc1nc(-c2ccc(F)cc2)nc2c1CCN(C(=O)c1cccn1C)CC2. The molecule has 0 unspecified atom stereocenters. The minimum atomic E-state index is -0.278. The highest BCUT2D eigenvalue weighted by Crippen LogP contribution is 2.23. The van der Waals surface area contributed by atoms with Crippen molar-refractivity contribution in [2.24, 2.45) is 7.05 Å². The number of hydrogen-bond acceptors (Lipinski definition) is 3. The van der Waals surface area contributed by atoms with Gasteiger partial charge in [0.05, 0.1) is 0 Å². The Kier molecular flexibility index (Phi) is 4.48. The van der Waals surface area contributed by atoms with E-state index in [2.05, 4.69) is 4.98 Å². The van der Waals surface area contributed by atoms with Crippen LogP contribution in [0.2, 0.25) is 0 Å². The van der Waals surface area contributed by atoms with Gasteiger partial charge in [-0.25, -0.2) is 14.4 Å². The standard InChI is InChI=1S/C21H21FN4O/c1-14-17-9-12-26(21(27)19-4-3-11-25(19)2)13-10-18(17)24-20(23-14)15-5-7-16(22)8-6-15/h3-8,11H,9-10,12-13H2,1-2H3. The zero-order valence-electron chi connectivity index (χ0n) is 15.4. The van der Waals surface area contributed by atoms with Crippen LogP contribution in [0.15, 0.2) is 42.6 Å². The first-order valence-corrected chi connectivity index (χ1v) is 9.06.